The Hall–Kier alpha value is -0.680. The maximum atomic E-state index is 11.6. The first-order chi connectivity index (χ1) is 6.52. The van der Waals surface area contributed by atoms with Gasteiger partial charge in [-0.15, -0.1) is 11.3 Å². The van der Waals surface area contributed by atoms with E-state index in [1.54, 1.807) is 5.38 Å². The van der Waals surface area contributed by atoms with Crippen LogP contribution < -0.4 is 0 Å². The fraction of sp³-hybridized carbons (Fsp3) is 0.444. The van der Waals surface area contributed by atoms with Crippen molar-refractivity contribution in [2.45, 2.75) is 24.7 Å². The SMILES string of the molecule is CC(=O)c1scc2c1CCCS2(=O)=O. The lowest BCUT2D eigenvalue weighted by molar-refractivity contribution is 0.102. The molecule has 2 heterocycles. The van der Waals surface area contributed by atoms with Gasteiger partial charge in [-0.05, 0) is 25.3 Å². The molecule has 3 nitrogen and oxygen atoms in total. The predicted octanol–water partition coefficient (Wildman–Crippen LogP) is 1.67. The van der Waals surface area contributed by atoms with E-state index < -0.39 is 9.84 Å². The number of thiophene rings is 1. The largest absolute Gasteiger partial charge is 0.294 e. The molecule has 0 aromatic carbocycles. The third kappa shape index (κ3) is 1.40. The molecule has 76 valence electrons. The van der Waals surface area contributed by atoms with Crippen molar-refractivity contribution in [2.24, 2.45) is 0 Å². The third-order valence-corrected chi connectivity index (χ3v) is 5.48. The van der Waals surface area contributed by atoms with Crippen molar-refractivity contribution < 1.29 is 13.2 Å². The summed E-state index contributed by atoms with van der Waals surface area (Å²) in [5, 5.41) is 1.60. The minimum absolute atomic E-state index is 0.0339. The van der Waals surface area contributed by atoms with Gasteiger partial charge in [-0.2, -0.15) is 0 Å². The van der Waals surface area contributed by atoms with E-state index in [9.17, 15) is 13.2 Å². The summed E-state index contributed by atoms with van der Waals surface area (Å²) in [4.78, 5) is 12.2. The van der Waals surface area contributed by atoms with Gasteiger partial charge in [0.05, 0.1) is 15.5 Å². The van der Waals surface area contributed by atoms with E-state index >= 15 is 0 Å². The van der Waals surface area contributed by atoms with Crippen LogP contribution in [0.3, 0.4) is 0 Å². The zero-order valence-corrected chi connectivity index (χ0v) is 9.37. The molecule has 14 heavy (non-hydrogen) atoms. The molecule has 1 aromatic rings. The van der Waals surface area contributed by atoms with Crippen molar-refractivity contribution in [2.75, 3.05) is 5.75 Å². The van der Waals surface area contributed by atoms with Crippen LogP contribution in [-0.4, -0.2) is 20.0 Å². The molecule has 1 aromatic heterocycles. The van der Waals surface area contributed by atoms with E-state index in [0.717, 1.165) is 5.56 Å². The Balaban J connectivity index is 2.65. The summed E-state index contributed by atoms with van der Waals surface area (Å²) in [5.41, 5.74) is 0.744. The highest BCUT2D eigenvalue weighted by molar-refractivity contribution is 7.91. The van der Waals surface area contributed by atoms with Crippen LogP contribution in [0.15, 0.2) is 10.3 Å². The van der Waals surface area contributed by atoms with Gasteiger partial charge in [-0.3, -0.25) is 4.79 Å². The summed E-state index contributed by atoms with van der Waals surface area (Å²) in [7, 11) is -3.10. The van der Waals surface area contributed by atoms with Crippen molar-refractivity contribution in [3.05, 3.63) is 15.8 Å². The summed E-state index contributed by atoms with van der Waals surface area (Å²) in [6, 6.07) is 0. The number of hydrogen-bond donors (Lipinski definition) is 0. The topological polar surface area (TPSA) is 51.2 Å². The molecule has 5 heteroatoms. The molecule has 0 unspecified atom stereocenters. The first kappa shape index (κ1) is 9.86. The van der Waals surface area contributed by atoms with Gasteiger partial charge in [0.2, 0.25) is 0 Å². The van der Waals surface area contributed by atoms with Crippen LogP contribution in [-0.2, 0) is 16.3 Å². The quantitative estimate of drug-likeness (QED) is 0.690. The van der Waals surface area contributed by atoms with E-state index in [4.69, 9.17) is 0 Å². The molecule has 1 aliphatic heterocycles. The van der Waals surface area contributed by atoms with Crippen molar-refractivity contribution in [3.8, 4) is 0 Å². The van der Waals surface area contributed by atoms with Crippen LogP contribution in [0.1, 0.15) is 28.6 Å². The molecule has 0 atom stereocenters. The van der Waals surface area contributed by atoms with Crippen LogP contribution in [0.4, 0.5) is 0 Å². The van der Waals surface area contributed by atoms with Crippen molar-refractivity contribution >= 4 is 27.0 Å². The average Bonchev–Trinajstić information content (AvgIpc) is 2.48. The van der Waals surface area contributed by atoms with Crippen LogP contribution in [0.5, 0.6) is 0 Å². The highest BCUT2D eigenvalue weighted by Crippen LogP contribution is 2.32. The van der Waals surface area contributed by atoms with Crippen LogP contribution in [0, 0.1) is 0 Å². The van der Waals surface area contributed by atoms with Crippen molar-refractivity contribution in [3.63, 3.8) is 0 Å². The second-order valence-corrected chi connectivity index (χ2v) is 6.34. The summed E-state index contributed by atoms with van der Waals surface area (Å²) < 4.78 is 23.2. The molecule has 0 radical (unpaired) electrons. The van der Waals surface area contributed by atoms with E-state index in [0.29, 0.717) is 22.6 Å². The molecule has 0 N–H and O–H groups in total. The van der Waals surface area contributed by atoms with E-state index in [-0.39, 0.29) is 11.5 Å². The highest BCUT2D eigenvalue weighted by Gasteiger charge is 2.28. The number of ketones is 1. The Morgan fingerprint density at radius 1 is 1.50 bits per heavy atom. The first-order valence-electron chi connectivity index (χ1n) is 4.36. The summed E-state index contributed by atoms with van der Waals surface area (Å²) in [6.07, 6.45) is 1.35. The number of sulfone groups is 1. The highest BCUT2D eigenvalue weighted by atomic mass is 32.2. The first-order valence-corrected chi connectivity index (χ1v) is 6.89. The zero-order valence-electron chi connectivity index (χ0n) is 7.74. The lowest BCUT2D eigenvalue weighted by atomic mass is 10.1. The lowest BCUT2D eigenvalue weighted by Gasteiger charge is -2.12. The van der Waals surface area contributed by atoms with Crippen molar-refractivity contribution in [1.29, 1.82) is 0 Å². The van der Waals surface area contributed by atoms with Crippen molar-refractivity contribution in [1.82, 2.24) is 0 Å². The van der Waals surface area contributed by atoms with Crippen LogP contribution in [0.25, 0.3) is 0 Å². The Bertz CT molecular complexity index is 482. The van der Waals surface area contributed by atoms with E-state index in [1.807, 2.05) is 0 Å². The van der Waals surface area contributed by atoms with Gasteiger partial charge in [-0.25, -0.2) is 8.42 Å². The molecule has 0 fully saturated rings. The molecule has 1 aliphatic rings. The Morgan fingerprint density at radius 3 is 2.86 bits per heavy atom. The smallest absolute Gasteiger partial charge is 0.179 e. The van der Waals surface area contributed by atoms with E-state index in [1.165, 1.54) is 18.3 Å². The normalized spacial score (nSPS) is 18.9. The van der Waals surface area contributed by atoms with Gasteiger partial charge in [0.1, 0.15) is 0 Å². The van der Waals surface area contributed by atoms with Gasteiger partial charge in [0.25, 0.3) is 0 Å². The second kappa shape index (κ2) is 3.17. The number of carbonyl (C=O) groups excluding carboxylic acids is 1. The molecule has 0 amide bonds. The van der Waals surface area contributed by atoms with Gasteiger partial charge in [0.15, 0.2) is 15.6 Å². The Morgan fingerprint density at radius 2 is 2.21 bits per heavy atom. The van der Waals surface area contributed by atoms with E-state index in [2.05, 4.69) is 0 Å². The zero-order chi connectivity index (χ0) is 10.3. The summed E-state index contributed by atoms with van der Waals surface area (Å²) in [5.74, 6) is 0.182. The average molecular weight is 230 g/mol. The van der Waals surface area contributed by atoms with Crippen LogP contribution >= 0.6 is 11.3 Å². The third-order valence-electron chi connectivity index (χ3n) is 2.35. The number of fused-ring (bicyclic) bond motifs is 1. The predicted molar refractivity (Wildman–Crippen MR) is 54.7 cm³/mol. The van der Waals surface area contributed by atoms with Crippen LogP contribution in [0.2, 0.25) is 0 Å². The number of Topliss-reactive ketones (excluding diaryl/α,β-unsaturated/α-hetero) is 1. The van der Waals surface area contributed by atoms with Gasteiger partial charge >= 0.3 is 0 Å². The molecule has 0 aliphatic carbocycles. The standard InChI is InChI=1S/C9H10O3S2/c1-6(10)9-7-3-2-4-14(11,12)8(7)5-13-9/h5H,2-4H2,1H3. The Labute approximate surface area is 86.7 Å². The summed E-state index contributed by atoms with van der Waals surface area (Å²) >= 11 is 1.25. The monoisotopic (exact) mass is 230 g/mol. The molecular formula is C9H10O3S2. The lowest BCUT2D eigenvalue weighted by Crippen LogP contribution is -2.15. The summed E-state index contributed by atoms with van der Waals surface area (Å²) in [6.45, 7) is 1.48. The fourth-order valence-corrected chi connectivity index (χ4v) is 4.72. The fourth-order valence-electron chi connectivity index (χ4n) is 1.71. The molecule has 0 spiro atoms. The number of rotatable bonds is 1. The van der Waals surface area contributed by atoms with Gasteiger partial charge in [0, 0.05) is 5.38 Å². The maximum absolute atomic E-state index is 11.6. The number of carbonyl (C=O) groups is 1. The van der Waals surface area contributed by atoms with Gasteiger partial charge < -0.3 is 0 Å². The molecule has 0 bridgehead atoms. The molecule has 0 saturated carbocycles. The molecule has 2 rings (SSSR count). The Kier molecular flexibility index (Phi) is 2.23. The maximum Gasteiger partial charge on any atom is 0.179 e. The minimum atomic E-state index is -3.10. The number of hydrogen-bond acceptors (Lipinski definition) is 4. The van der Waals surface area contributed by atoms with Gasteiger partial charge in [-0.1, -0.05) is 0 Å². The molecule has 0 saturated heterocycles. The second-order valence-electron chi connectivity index (χ2n) is 3.39. The minimum Gasteiger partial charge on any atom is -0.294 e. The molecular weight excluding hydrogens is 220 g/mol.